The molecule has 30 heavy (non-hydrogen) atoms. The monoisotopic (exact) mass is 421 g/mol. The van der Waals surface area contributed by atoms with Crippen molar-refractivity contribution < 1.29 is 14.3 Å². The molecular weight excluding hydrogens is 386 g/mol. The maximum Gasteiger partial charge on any atom is 0.186 e. The number of hydrogen-bond donors (Lipinski definition) is 0. The average Bonchev–Trinajstić information content (AvgIpc) is 2.70. The number of unbranched alkanes of at least 4 members (excludes halogenated alkanes) is 4. The molecular formula is C25H35LiO3P. The summed E-state index contributed by atoms with van der Waals surface area (Å²) in [6.07, 6.45) is 6.72. The molecule has 0 amide bonds. The van der Waals surface area contributed by atoms with Gasteiger partial charge in [-0.3, -0.25) is 4.79 Å². The first-order valence-corrected chi connectivity index (χ1v) is 11.8. The van der Waals surface area contributed by atoms with Gasteiger partial charge >= 0.3 is 0 Å². The summed E-state index contributed by atoms with van der Waals surface area (Å²) in [6, 6.07) is 11.9. The molecule has 2 rings (SSSR count). The molecule has 0 spiro atoms. The minimum absolute atomic E-state index is 0. The van der Waals surface area contributed by atoms with Crippen molar-refractivity contribution in [1.29, 1.82) is 0 Å². The summed E-state index contributed by atoms with van der Waals surface area (Å²) in [7, 11) is 0.0387. The first kappa shape index (κ1) is 26.8. The van der Waals surface area contributed by atoms with Gasteiger partial charge in [0.2, 0.25) is 0 Å². The van der Waals surface area contributed by atoms with Gasteiger partial charge in [-0.05, 0) is 58.5 Å². The van der Waals surface area contributed by atoms with E-state index in [9.17, 15) is 4.79 Å². The number of benzene rings is 2. The molecule has 0 fully saturated rings. The van der Waals surface area contributed by atoms with Gasteiger partial charge in [-0.2, -0.15) is 0 Å². The Morgan fingerprint density at radius 3 is 2.07 bits per heavy atom. The summed E-state index contributed by atoms with van der Waals surface area (Å²) >= 11 is 0. The smallest absolute Gasteiger partial charge is 0.186 e. The second-order valence-corrected chi connectivity index (χ2v) is 8.73. The van der Waals surface area contributed by atoms with Crippen LogP contribution < -0.4 is 14.8 Å². The Labute approximate surface area is 196 Å². The van der Waals surface area contributed by atoms with Crippen molar-refractivity contribution in [1.82, 2.24) is 0 Å². The fourth-order valence-corrected chi connectivity index (χ4v) is 4.45. The van der Waals surface area contributed by atoms with E-state index < -0.39 is 0 Å². The molecule has 1 radical (unpaired) electrons. The Balaban J connectivity index is 0.00000450. The predicted octanol–water partition coefficient (Wildman–Crippen LogP) is 6.20. The van der Waals surface area contributed by atoms with Gasteiger partial charge in [0.15, 0.2) is 5.52 Å². The Bertz CT molecular complexity index is 772. The van der Waals surface area contributed by atoms with Crippen molar-refractivity contribution in [2.45, 2.75) is 66.2 Å². The summed E-state index contributed by atoms with van der Waals surface area (Å²) in [5, 5.41) is 0.954. The molecule has 0 saturated heterocycles. The Hall–Kier alpha value is -1.26. The molecule has 0 aromatic heterocycles. The molecule has 1 unspecified atom stereocenters. The second-order valence-electron chi connectivity index (χ2n) is 7.49. The number of hydrogen-bond acceptors (Lipinski definition) is 3. The van der Waals surface area contributed by atoms with E-state index in [0.717, 1.165) is 59.2 Å². The molecule has 0 aliphatic carbocycles. The van der Waals surface area contributed by atoms with Crippen LogP contribution in [-0.2, 0) is 0 Å². The van der Waals surface area contributed by atoms with E-state index in [2.05, 4.69) is 13.8 Å². The molecule has 0 heterocycles. The Morgan fingerprint density at radius 1 is 0.867 bits per heavy atom. The SMILES string of the molecule is CCCCCOc1ccc(PC(=O)c2c(C)cccc2C)c(OCCCCC)c1.[Li]. The standard InChI is InChI=1S/C25H35O3P.Li/c1-5-7-9-16-27-21-14-15-23(22(18-21)28-17-10-8-6-2)29-25(26)24-19(3)12-11-13-20(24)4;/h11-15,18,29H,5-10,16-17H2,1-4H3;. The average molecular weight is 421 g/mol. The zero-order valence-electron chi connectivity index (χ0n) is 19.3. The van der Waals surface area contributed by atoms with E-state index in [-0.39, 0.29) is 33.0 Å². The van der Waals surface area contributed by atoms with Gasteiger partial charge in [0.25, 0.3) is 0 Å². The third kappa shape index (κ3) is 8.47. The van der Waals surface area contributed by atoms with Crippen LogP contribution in [0, 0.1) is 13.8 Å². The molecule has 0 aliphatic heterocycles. The van der Waals surface area contributed by atoms with Crippen LogP contribution in [-0.4, -0.2) is 37.6 Å². The molecule has 0 bridgehead atoms. The van der Waals surface area contributed by atoms with Gasteiger partial charge in [-0.1, -0.05) is 57.7 Å². The number of carbonyl (C=O) groups excluding carboxylic acids is 1. The van der Waals surface area contributed by atoms with Crippen LogP contribution in [0.2, 0.25) is 0 Å². The third-order valence-corrected chi connectivity index (χ3v) is 6.09. The van der Waals surface area contributed by atoms with Gasteiger partial charge in [-0.25, -0.2) is 0 Å². The maximum atomic E-state index is 13.0. The van der Waals surface area contributed by atoms with Crippen LogP contribution in [0.4, 0.5) is 0 Å². The second kappa shape index (κ2) is 14.7. The van der Waals surface area contributed by atoms with E-state index in [4.69, 9.17) is 9.47 Å². The van der Waals surface area contributed by atoms with Crippen molar-refractivity contribution in [3.05, 3.63) is 53.1 Å². The molecule has 159 valence electrons. The summed E-state index contributed by atoms with van der Waals surface area (Å²) in [5.41, 5.74) is 3.06. The van der Waals surface area contributed by atoms with E-state index >= 15 is 0 Å². The van der Waals surface area contributed by atoms with E-state index in [1.165, 1.54) is 12.8 Å². The van der Waals surface area contributed by atoms with E-state index in [1.807, 2.05) is 50.2 Å². The van der Waals surface area contributed by atoms with Crippen LogP contribution in [0.15, 0.2) is 36.4 Å². The number of carbonyl (C=O) groups is 1. The zero-order chi connectivity index (χ0) is 21.1. The summed E-state index contributed by atoms with van der Waals surface area (Å²) in [5.74, 6) is 1.60. The largest absolute Gasteiger partial charge is 0.493 e. The normalized spacial score (nSPS) is 10.8. The van der Waals surface area contributed by atoms with E-state index in [0.29, 0.717) is 13.2 Å². The van der Waals surface area contributed by atoms with Crippen LogP contribution >= 0.6 is 8.58 Å². The third-order valence-electron chi connectivity index (χ3n) is 4.93. The van der Waals surface area contributed by atoms with Crippen molar-refractivity contribution in [3.8, 4) is 11.5 Å². The van der Waals surface area contributed by atoms with Crippen LogP contribution in [0.5, 0.6) is 11.5 Å². The quantitative estimate of drug-likeness (QED) is 0.219. The first-order valence-electron chi connectivity index (χ1n) is 10.8. The molecule has 1 atom stereocenters. The molecule has 0 N–H and O–H groups in total. The molecule has 0 aliphatic rings. The summed E-state index contributed by atoms with van der Waals surface area (Å²) < 4.78 is 12.0. The molecule has 0 saturated carbocycles. The van der Waals surface area contributed by atoms with Gasteiger partial charge in [-0.15, -0.1) is 0 Å². The number of rotatable bonds is 13. The predicted molar refractivity (Wildman–Crippen MR) is 130 cm³/mol. The van der Waals surface area contributed by atoms with Crippen molar-refractivity contribution in [2.24, 2.45) is 0 Å². The minimum atomic E-state index is 0. The van der Waals surface area contributed by atoms with Crippen molar-refractivity contribution in [3.63, 3.8) is 0 Å². The fraction of sp³-hybridized carbons (Fsp3) is 0.480. The topological polar surface area (TPSA) is 35.5 Å². The van der Waals surface area contributed by atoms with E-state index in [1.54, 1.807) is 0 Å². The van der Waals surface area contributed by atoms with Crippen LogP contribution in [0.1, 0.15) is 73.9 Å². The van der Waals surface area contributed by atoms with Gasteiger partial charge < -0.3 is 9.47 Å². The van der Waals surface area contributed by atoms with Crippen molar-refractivity contribution >= 4 is 38.3 Å². The van der Waals surface area contributed by atoms with Crippen LogP contribution in [0.3, 0.4) is 0 Å². The molecule has 5 heteroatoms. The summed E-state index contributed by atoms with van der Waals surface area (Å²) in [4.78, 5) is 13.0. The fourth-order valence-electron chi connectivity index (χ4n) is 3.25. The zero-order valence-corrected chi connectivity index (χ0v) is 20.3. The van der Waals surface area contributed by atoms with Gasteiger partial charge in [0.05, 0.1) is 13.2 Å². The number of aryl methyl sites for hydroxylation is 2. The van der Waals surface area contributed by atoms with Crippen molar-refractivity contribution in [2.75, 3.05) is 13.2 Å². The van der Waals surface area contributed by atoms with Crippen LogP contribution in [0.25, 0.3) is 0 Å². The Kier molecular flexibility index (Phi) is 13.1. The molecule has 3 nitrogen and oxygen atoms in total. The minimum Gasteiger partial charge on any atom is -0.493 e. The number of ether oxygens (including phenoxy) is 2. The maximum absolute atomic E-state index is 13.0. The van der Waals surface area contributed by atoms with Gasteiger partial charge in [0, 0.05) is 35.8 Å². The summed E-state index contributed by atoms with van der Waals surface area (Å²) in [6.45, 7) is 9.75. The first-order chi connectivity index (χ1) is 14.1. The molecule has 2 aromatic rings. The Morgan fingerprint density at radius 2 is 1.47 bits per heavy atom. The van der Waals surface area contributed by atoms with Gasteiger partial charge in [0.1, 0.15) is 11.5 Å². The molecule has 2 aromatic carbocycles.